The van der Waals surface area contributed by atoms with Crippen molar-refractivity contribution in [2.45, 2.75) is 0 Å². The van der Waals surface area contributed by atoms with E-state index in [2.05, 4.69) is 161 Å². The van der Waals surface area contributed by atoms with Crippen molar-refractivity contribution in [3.8, 4) is 34.0 Å². The summed E-state index contributed by atoms with van der Waals surface area (Å²) in [5.74, 6) is 0.607. The minimum absolute atomic E-state index is 0.607. The summed E-state index contributed by atoms with van der Waals surface area (Å²) in [7, 11) is 0. The third-order valence-corrected chi connectivity index (χ3v) is 10.1. The van der Waals surface area contributed by atoms with Crippen molar-refractivity contribution < 1.29 is 4.42 Å². The highest BCUT2D eigenvalue weighted by Gasteiger charge is 2.22. The molecule has 0 saturated carbocycles. The Morgan fingerprint density at radius 1 is 0.431 bits per heavy atom. The molecule has 4 heterocycles. The zero-order valence-electron chi connectivity index (χ0n) is 27.4. The summed E-state index contributed by atoms with van der Waals surface area (Å²) in [6, 6.07) is 59.6. The number of fused-ring (bicyclic) bond motifs is 9. The second kappa shape index (κ2) is 10.8. The van der Waals surface area contributed by atoms with E-state index in [1.807, 2.05) is 18.2 Å². The van der Waals surface area contributed by atoms with E-state index in [1.54, 1.807) is 0 Å². The lowest BCUT2D eigenvalue weighted by atomic mass is 10.0. The van der Waals surface area contributed by atoms with E-state index in [0.717, 1.165) is 60.8 Å². The molecule has 0 bridgehead atoms. The maximum absolute atomic E-state index is 6.59. The first-order chi connectivity index (χ1) is 25.3. The third kappa shape index (κ3) is 4.09. The van der Waals surface area contributed by atoms with Crippen molar-refractivity contribution in [2.75, 3.05) is 0 Å². The Morgan fingerprint density at radius 3 is 1.75 bits per heavy atom. The van der Waals surface area contributed by atoms with Gasteiger partial charge in [0.2, 0.25) is 5.95 Å². The maximum atomic E-state index is 6.59. The summed E-state index contributed by atoms with van der Waals surface area (Å²) in [6.07, 6.45) is 0. The lowest BCUT2D eigenvalue weighted by Gasteiger charge is -2.14. The van der Waals surface area contributed by atoms with Gasteiger partial charge in [-0.1, -0.05) is 127 Å². The molecule has 0 amide bonds. The number of rotatable bonds is 4. The molecular formula is C46H28N4O. The van der Waals surface area contributed by atoms with E-state index in [-0.39, 0.29) is 0 Å². The Balaban J connectivity index is 1.21. The SMILES string of the molecule is c1ccc(-c2cccc3c4ccccc4n(-c4cccc(-c5nc(-n6c7ccccc7c7ccccc76)nc6c5oc5ccccc56)c4)c23)cc1. The summed E-state index contributed by atoms with van der Waals surface area (Å²) in [6.45, 7) is 0. The lowest BCUT2D eigenvalue weighted by molar-refractivity contribution is 0.666. The molecule has 0 atom stereocenters. The minimum atomic E-state index is 0.607. The molecule has 51 heavy (non-hydrogen) atoms. The zero-order chi connectivity index (χ0) is 33.5. The van der Waals surface area contributed by atoms with Crippen molar-refractivity contribution >= 4 is 65.7 Å². The number of para-hydroxylation sites is 5. The summed E-state index contributed by atoms with van der Waals surface area (Å²) >= 11 is 0. The van der Waals surface area contributed by atoms with Gasteiger partial charge < -0.3 is 8.98 Å². The first-order valence-corrected chi connectivity index (χ1v) is 17.2. The van der Waals surface area contributed by atoms with E-state index < -0.39 is 0 Å². The van der Waals surface area contributed by atoms with Crippen LogP contribution in [-0.2, 0) is 0 Å². The Kier molecular flexibility index (Phi) is 5.89. The maximum Gasteiger partial charge on any atom is 0.236 e. The Hall–Kier alpha value is -6.98. The molecule has 0 aliphatic carbocycles. The lowest BCUT2D eigenvalue weighted by Crippen LogP contribution is -2.03. The number of aromatic nitrogens is 4. The first kappa shape index (κ1) is 27.9. The number of hydrogen-bond donors (Lipinski definition) is 0. The molecule has 0 spiro atoms. The van der Waals surface area contributed by atoms with Gasteiger partial charge in [0, 0.05) is 43.7 Å². The zero-order valence-corrected chi connectivity index (χ0v) is 27.4. The average molecular weight is 653 g/mol. The molecular weight excluding hydrogens is 625 g/mol. The van der Waals surface area contributed by atoms with Gasteiger partial charge >= 0.3 is 0 Å². The van der Waals surface area contributed by atoms with Crippen LogP contribution < -0.4 is 0 Å². The fourth-order valence-corrected chi connectivity index (χ4v) is 7.94. The number of furan rings is 1. The van der Waals surface area contributed by atoms with Crippen LogP contribution in [0.2, 0.25) is 0 Å². The van der Waals surface area contributed by atoms with E-state index >= 15 is 0 Å². The molecule has 0 fully saturated rings. The number of hydrogen-bond acceptors (Lipinski definition) is 3. The van der Waals surface area contributed by atoms with Gasteiger partial charge in [0.05, 0.1) is 22.1 Å². The van der Waals surface area contributed by atoms with Crippen LogP contribution >= 0.6 is 0 Å². The average Bonchev–Trinajstić information content (AvgIpc) is 3.86. The highest BCUT2D eigenvalue weighted by atomic mass is 16.3. The van der Waals surface area contributed by atoms with E-state index in [0.29, 0.717) is 11.5 Å². The van der Waals surface area contributed by atoms with Gasteiger partial charge in [0.25, 0.3) is 0 Å². The molecule has 238 valence electrons. The quantitative estimate of drug-likeness (QED) is 0.190. The Bertz CT molecular complexity index is 3090. The fourth-order valence-electron chi connectivity index (χ4n) is 7.94. The molecule has 0 N–H and O–H groups in total. The molecule has 11 aromatic rings. The summed E-state index contributed by atoms with van der Waals surface area (Å²) < 4.78 is 11.2. The first-order valence-electron chi connectivity index (χ1n) is 17.2. The van der Waals surface area contributed by atoms with Gasteiger partial charge in [-0.2, -0.15) is 0 Å². The molecule has 5 nitrogen and oxygen atoms in total. The Labute approximate surface area is 292 Å². The second-order valence-corrected chi connectivity index (χ2v) is 13.0. The molecule has 0 aliphatic rings. The monoisotopic (exact) mass is 652 g/mol. The molecule has 0 radical (unpaired) electrons. The van der Waals surface area contributed by atoms with Crippen molar-refractivity contribution in [1.29, 1.82) is 0 Å². The molecule has 7 aromatic carbocycles. The number of benzene rings is 7. The predicted octanol–water partition coefficient (Wildman–Crippen LogP) is 11.9. The summed E-state index contributed by atoms with van der Waals surface area (Å²) in [4.78, 5) is 10.6. The molecule has 0 aliphatic heterocycles. The van der Waals surface area contributed by atoms with E-state index in [9.17, 15) is 0 Å². The van der Waals surface area contributed by atoms with Crippen LogP contribution in [0, 0.1) is 0 Å². The van der Waals surface area contributed by atoms with Crippen LogP contribution in [0.1, 0.15) is 0 Å². The van der Waals surface area contributed by atoms with Gasteiger partial charge in [0.15, 0.2) is 5.58 Å². The van der Waals surface area contributed by atoms with E-state index in [1.165, 1.54) is 27.4 Å². The van der Waals surface area contributed by atoms with Crippen molar-refractivity contribution in [3.05, 3.63) is 170 Å². The smallest absolute Gasteiger partial charge is 0.236 e. The van der Waals surface area contributed by atoms with Gasteiger partial charge in [0.1, 0.15) is 16.8 Å². The molecule has 0 unspecified atom stereocenters. The van der Waals surface area contributed by atoms with Crippen molar-refractivity contribution in [3.63, 3.8) is 0 Å². The van der Waals surface area contributed by atoms with Gasteiger partial charge in [-0.3, -0.25) is 4.57 Å². The highest BCUT2D eigenvalue weighted by molar-refractivity contribution is 6.14. The summed E-state index contributed by atoms with van der Waals surface area (Å²) in [5.41, 5.74) is 11.8. The normalized spacial score (nSPS) is 11.9. The Morgan fingerprint density at radius 2 is 1.00 bits per heavy atom. The van der Waals surface area contributed by atoms with Crippen molar-refractivity contribution in [1.82, 2.24) is 19.1 Å². The van der Waals surface area contributed by atoms with Crippen LogP contribution in [0.3, 0.4) is 0 Å². The minimum Gasteiger partial charge on any atom is -0.452 e. The number of nitrogens with zero attached hydrogens (tertiary/aromatic N) is 4. The van der Waals surface area contributed by atoms with Crippen LogP contribution in [0.15, 0.2) is 174 Å². The third-order valence-electron chi connectivity index (χ3n) is 10.1. The summed E-state index contributed by atoms with van der Waals surface area (Å²) in [5, 5.41) is 5.72. The van der Waals surface area contributed by atoms with Crippen LogP contribution in [-0.4, -0.2) is 19.1 Å². The molecule has 0 saturated heterocycles. The largest absolute Gasteiger partial charge is 0.452 e. The standard InChI is InChI=1S/C46H28N4O/c1-2-14-29(15-3-1)32-22-13-23-36-35-20-6-8-24-38(35)49(44(32)36)31-17-12-16-30(28-31)42-45-43(37-21-7-11-27-41(37)51-45)48-46(47-42)50-39-25-9-4-18-33(39)34-19-5-10-26-40(34)50/h1-28H. The fraction of sp³-hybridized carbons (Fsp3) is 0. The highest BCUT2D eigenvalue weighted by Crippen LogP contribution is 2.40. The second-order valence-electron chi connectivity index (χ2n) is 13.0. The van der Waals surface area contributed by atoms with Crippen LogP contribution in [0.25, 0.3) is 99.7 Å². The molecule has 5 heteroatoms. The van der Waals surface area contributed by atoms with Gasteiger partial charge in [-0.05, 0) is 48.0 Å². The molecule has 4 aromatic heterocycles. The van der Waals surface area contributed by atoms with Gasteiger partial charge in [-0.25, -0.2) is 9.97 Å². The van der Waals surface area contributed by atoms with Crippen LogP contribution in [0.4, 0.5) is 0 Å². The van der Waals surface area contributed by atoms with Crippen molar-refractivity contribution in [2.24, 2.45) is 0 Å². The van der Waals surface area contributed by atoms with Crippen LogP contribution in [0.5, 0.6) is 0 Å². The van der Waals surface area contributed by atoms with Gasteiger partial charge in [-0.15, -0.1) is 0 Å². The topological polar surface area (TPSA) is 48.8 Å². The predicted molar refractivity (Wildman–Crippen MR) is 209 cm³/mol. The van der Waals surface area contributed by atoms with E-state index in [4.69, 9.17) is 14.4 Å². The molecule has 11 rings (SSSR count).